The van der Waals surface area contributed by atoms with Gasteiger partial charge in [-0.05, 0) is 43.0 Å². The zero-order chi connectivity index (χ0) is 14.7. The predicted octanol–water partition coefficient (Wildman–Crippen LogP) is 3.82. The van der Waals surface area contributed by atoms with Crippen molar-refractivity contribution < 1.29 is 0 Å². The van der Waals surface area contributed by atoms with Gasteiger partial charge in [0.25, 0.3) is 0 Å². The Kier molecular flexibility index (Phi) is 4.36. The lowest BCUT2D eigenvalue weighted by molar-refractivity contribution is 0.796. The largest absolute Gasteiger partial charge is 0.341 e. The fraction of sp³-hybridized carbons (Fsp3) is 0.353. The van der Waals surface area contributed by atoms with E-state index in [2.05, 4.69) is 52.7 Å². The van der Waals surface area contributed by atoms with Crippen molar-refractivity contribution in [1.29, 1.82) is 0 Å². The number of nitrogens with zero attached hydrogens (tertiary/aromatic N) is 2. The van der Waals surface area contributed by atoms with Crippen LogP contribution in [0.25, 0.3) is 10.9 Å². The third-order valence-electron chi connectivity index (χ3n) is 3.61. The van der Waals surface area contributed by atoms with Gasteiger partial charge in [0.05, 0.1) is 17.2 Å². The average Bonchev–Trinajstić information content (AvgIpc) is 3.08. The Morgan fingerprint density at radius 1 is 1.29 bits per heavy atom. The number of aromatic nitrogens is 2. The summed E-state index contributed by atoms with van der Waals surface area (Å²) in [7, 11) is 1.98. The number of hydrogen-bond acceptors (Lipinski definition) is 3. The molecule has 21 heavy (non-hydrogen) atoms. The van der Waals surface area contributed by atoms with Crippen LogP contribution in [0.1, 0.15) is 29.6 Å². The molecule has 0 atom stereocenters. The van der Waals surface area contributed by atoms with Crippen molar-refractivity contribution in [2.45, 2.75) is 32.9 Å². The second-order valence-electron chi connectivity index (χ2n) is 5.35. The number of thiazole rings is 1. The highest BCUT2D eigenvalue weighted by molar-refractivity contribution is 7.09. The van der Waals surface area contributed by atoms with Crippen molar-refractivity contribution in [2.24, 2.45) is 0 Å². The third kappa shape index (κ3) is 3.17. The first kappa shape index (κ1) is 14.3. The predicted molar refractivity (Wildman–Crippen MR) is 89.9 cm³/mol. The van der Waals surface area contributed by atoms with Gasteiger partial charge < -0.3 is 9.88 Å². The molecule has 0 radical (unpaired) electrons. The first-order valence-electron chi connectivity index (χ1n) is 7.46. The van der Waals surface area contributed by atoms with Gasteiger partial charge in [0.1, 0.15) is 0 Å². The minimum Gasteiger partial charge on any atom is -0.341 e. The molecule has 0 unspecified atom stereocenters. The van der Waals surface area contributed by atoms with E-state index < -0.39 is 0 Å². The second kappa shape index (κ2) is 6.41. The highest BCUT2D eigenvalue weighted by atomic mass is 32.1. The zero-order valence-electron chi connectivity index (χ0n) is 12.6. The molecular weight excluding hydrogens is 278 g/mol. The van der Waals surface area contributed by atoms with Gasteiger partial charge >= 0.3 is 0 Å². The first-order valence-corrected chi connectivity index (χ1v) is 8.33. The van der Waals surface area contributed by atoms with Crippen LogP contribution in [0.15, 0.2) is 35.8 Å². The van der Waals surface area contributed by atoms with E-state index in [0.717, 1.165) is 25.9 Å². The highest BCUT2D eigenvalue weighted by Gasteiger charge is 2.06. The number of hydrogen-bond donors (Lipinski definition) is 1. The first-order chi connectivity index (χ1) is 10.3. The molecule has 2 aromatic heterocycles. The monoisotopic (exact) mass is 299 g/mol. The van der Waals surface area contributed by atoms with Crippen LogP contribution in [0.2, 0.25) is 0 Å². The Hall–Kier alpha value is -1.65. The van der Waals surface area contributed by atoms with E-state index in [4.69, 9.17) is 4.98 Å². The Bertz CT molecular complexity index is 727. The molecule has 3 rings (SSSR count). The maximum Gasteiger partial charge on any atom is 0.0928 e. The van der Waals surface area contributed by atoms with E-state index in [0.29, 0.717) is 0 Å². The van der Waals surface area contributed by atoms with Crippen LogP contribution >= 0.6 is 11.3 Å². The lowest BCUT2D eigenvalue weighted by Crippen LogP contribution is -2.05. The van der Waals surface area contributed by atoms with Crippen LogP contribution in [0.5, 0.6) is 0 Å². The van der Waals surface area contributed by atoms with Crippen LogP contribution < -0.4 is 5.32 Å². The Morgan fingerprint density at radius 3 is 3.00 bits per heavy atom. The summed E-state index contributed by atoms with van der Waals surface area (Å²) in [6.07, 6.45) is 4.41. The summed E-state index contributed by atoms with van der Waals surface area (Å²) >= 11 is 1.78. The Morgan fingerprint density at radius 2 is 2.19 bits per heavy atom. The fourth-order valence-electron chi connectivity index (χ4n) is 2.61. The van der Waals surface area contributed by atoms with Crippen molar-refractivity contribution in [3.8, 4) is 0 Å². The molecule has 1 aromatic carbocycles. The van der Waals surface area contributed by atoms with Crippen LogP contribution in [0, 0.1) is 0 Å². The molecule has 0 aliphatic heterocycles. The summed E-state index contributed by atoms with van der Waals surface area (Å²) in [5.74, 6) is 0. The third-order valence-corrected chi connectivity index (χ3v) is 4.57. The van der Waals surface area contributed by atoms with Gasteiger partial charge in [0.15, 0.2) is 0 Å². The quantitative estimate of drug-likeness (QED) is 0.750. The Labute approximate surface area is 129 Å². The molecule has 0 saturated heterocycles. The highest BCUT2D eigenvalue weighted by Crippen LogP contribution is 2.20. The summed E-state index contributed by atoms with van der Waals surface area (Å²) in [6, 6.07) is 8.83. The zero-order valence-corrected chi connectivity index (χ0v) is 13.4. The summed E-state index contributed by atoms with van der Waals surface area (Å²) in [5.41, 5.74) is 3.77. The number of benzene rings is 1. The van der Waals surface area contributed by atoms with Crippen LogP contribution in [-0.2, 0) is 19.5 Å². The molecule has 3 nitrogen and oxygen atoms in total. The lowest BCUT2D eigenvalue weighted by atomic mass is 10.1. The normalized spacial score (nSPS) is 11.3. The summed E-state index contributed by atoms with van der Waals surface area (Å²) in [4.78, 5) is 4.73. The van der Waals surface area contributed by atoms with E-state index in [-0.39, 0.29) is 0 Å². The van der Waals surface area contributed by atoms with Crippen molar-refractivity contribution in [2.75, 3.05) is 7.05 Å². The number of nitrogens with one attached hydrogen (secondary N) is 1. The van der Waals surface area contributed by atoms with Gasteiger partial charge in [-0.25, -0.2) is 4.98 Å². The van der Waals surface area contributed by atoms with Gasteiger partial charge in [-0.1, -0.05) is 19.1 Å². The van der Waals surface area contributed by atoms with Gasteiger partial charge in [0, 0.05) is 23.6 Å². The molecule has 0 aliphatic rings. The molecule has 0 spiro atoms. The second-order valence-corrected chi connectivity index (χ2v) is 6.29. The van der Waals surface area contributed by atoms with Crippen LogP contribution in [-0.4, -0.2) is 16.6 Å². The standard InChI is InChI=1S/C17H21N3S/c1-3-4-17-19-15(12-21-17)11-20-8-7-14-6-5-13(10-18-2)9-16(14)20/h5-9,12,18H,3-4,10-11H2,1-2H3. The minimum absolute atomic E-state index is 0.854. The lowest BCUT2D eigenvalue weighted by Gasteiger charge is -2.05. The number of rotatable bonds is 6. The maximum atomic E-state index is 4.73. The minimum atomic E-state index is 0.854. The molecule has 0 saturated carbocycles. The van der Waals surface area contributed by atoms with Crippen LogP contribution in [0.3, 0.4) is 0 Å². The van der Waals surface area contributed by atoms with Crippen molar-refractivity contribution in [1.82, 2.24) is 14.9 Å². The van der Waals surface area contributed by atoms with E-state index in [9.17, 15) is 0 Å². The molecule has 0 fully saturated rings. The van der Waals surface area contributed by atoms with Crippen LogP contribution in [0.4, 0.5) is 0 Å². The molecule has 1 N–H and O–H groups in total. The Balaban J connectivity index is 1.86. The smallest absolute Gasteiger partial charge is 0.0928 e. The van der Waals surface area contributed by atoms with E-state index in [1.807, 2.05) is 7.05 Å². The molecular formula is C17H21N3S. The average molecular weight is 299 g/mol. The van der Waals surface area contributed by atoms with Gasteiger partial charge in [-0.3, -0.25) is 0 Å². The fourth-order valence-corrected chi connectivity index (χ4v) is 3.50. The van der Waals surface area contributed by atoms with Crippen molar-refractivity contribution in [3.63, 3.8) is 0 Å². The van der Waals surface area contributed by atoms with Gasteiger partial charge in [0.2, 0.25) is 0 Å². The van der Waals surface area contributed by atoms with Gasteiger partial charge in [-0.2, -0.15) is 0 Å². The van der Waals surface area contributed by atoms with Crippen molar-refractivity contribution >= 4 is 22.2 Å². The summed E-state index contributed by atoms with van der Waals surface area (Å²) < 4.78 is 2.29. The topological polar surface area (TPSA) is 29.9 Å². The number of fused-ring (bicyclic) bond motifs is 1. The van der Waals surface area contributed by atoms with Gasteiger partial charge in [-0.15, -0.1) is 11.3 Å². The van der Waals surface area contributed by atoms with E-state index >= 15 is 0 Å². The molecule has 4 heteroatoms. The SMILES string of the molecule is CCCc1nc(Cn2ccc3ccc(CNC)cc32)cs1. The molecule has 3 aromatic rings. The summed E-state index contributed by atoms with van der Waals surface area (Å²) in [6.45, 7) is 3.95. The van der Waals surface area contributed by atoms with E-state index in [1.165, 1.54) is 27.2 Å². The summed E-state index contributed by atoms with van der Waals surface area (Å²) in [5, 5.41) is 7.94. The maximum absolute atomic E-state index is 4.73. The van der Waals surface area contributed by atoms with Crippen molar-refractivity contribution in [3.05, 3.63) is 52.1 Å². The molecule has 0 bridgehead atoms. The molecule has 2 heterocycles. The molecule has 0 aliphatic carbocycles. The molecule has 0 amide bonds. The van der Waals surface area contributed by atoms with E-state index in [1.54, 1.807) is 11.3 Å². The molecule has 110 valence electrons. The number of aryl methyl sites for hydroxylation is 1.